The Kier molecular flexibility index (Phi) is 10.7. The number of nitrogens with one attached hydrogen (secondary N) is 3. The number of aromatic hydroxyl groups is 1. The van der Waals surface area contributed by atoms with E-state index in [-0.39, 0.29) is 48.3 Å². The Hall–Kier alpha value is -5.43. The van der Waals surface area contributed by atoms with E-state index in [0.717, 1.165) is 66.7 Å². The van der Waals surface area contributed by atoms with Crippen LogP contribution in [0.2, 0.25) is 0 Å². The summed E-state index contributed by atoms with van der Waals surface area (Å²) in [6.07, 6.45) is 0.702. The molecule has 5 N–H and O–H groups in total. The monoisotopic (exact) mass is 705 g/mol. The Morgan fingerprint density at radius 1 is 0.942 bits per heavy atom. The first-order valence-corrected chi connectivity index (χ1v) is 17.7. The number of anilines is 2. The number of phenolic OH excluding ortho intramolecular Hbond substituents is 1. The summed E-state index contributed by atoms with van der Waals surface area (Å²) in [7, 11) is 0. The van der Waals surface area contributed by atoms with Crippen LogP contribution in [-0.2, 0) is 22.5 Å². The summed E-state index contributed by atoms with van der Waals surface area (Å²) in [5.74, 6) is -0.185. The van der Waals surface area contributed by atoms with Crippen LogP contribution in [0.5, 0.6) is 11.5 Å². The highest BCUT2D eigenvalue weighted by atomic mass is 16.6. The van der Waals surface area contributed by atoms with Crippen molar-refractivity contribution in [3.8, 4) is 22.6 Å². The van der Waals surface area contributed by atoms with Gasteiger partial charge < -0.3 is 40.1 Å². The number of nitrogens with zero attached hydrogens (tertiary/aromatic N) is 2. The van der Waals surface area contributed by atoms with E-state index in [1.807, 2.05) is 77.7 Å². The molecular formula is C40H43N5O7. The Balaban J connectivity index is 0.841. The van der Waals surface area contributed by atoms with Crippen LogP contribution in [0.4, 0.5) is 16.2 Å². The fourth-order valence-corrected chi connectivity index (χ4v) is 7.08. The zero-order chi connectivity index (χ0) is 36.0. The number of piperidine rings is 1. The summed E-state index contributed by atoms with van der Waals surface area (Å²) < 4.78 is 11.3. The number of hydrogen-bond donors (Lipinski definition) is 5. The molecule has 7 rings (SSSR count). The number of ether oxygens (including phenoxy) is 2. The molecule has 52 heavy (non-hydrogen) atoms. The van der Waals surface area contributed by atoms with Gasteiger partial charge in [-0.15, -0.1) is 0 Å². The smallest absolute Gasteiger partial charge is 0.411 e. The molecule has 0 bridgehead atoms. The second-order valence-electron chi connectivity index (χ2n) is 13.4. The minimum Gasteiger partial charge on any atom is -0.506 e. The van der Waals surface area contributed by atoms with Crippen molar-refractivity contribution in [3.05, 3.63) is 107 Å². The van der Waals surface area contributed by atoms with Gasteiger partial charge in [-0.3, -0.25) is 14.9 Å². The van der Waals surface area contributed by atoms with Crippen LogP contribution >= 0.6 is 0 Å². The van der Waals surface area contributed by atoms with Gasteiger partial charge in [-0.2, -0.15) is 0 Å². The number of carbonyl (C=O) groups is 3. The molecule has 1 saturated heterocycles. The quantitative estimate of drug-likeness (QED) is 0.137. The van der Waals surface area contributed by atoms with Crippen molar-refractivity contribution in [1.29, 1.82) is 0 Å². The molecule has 4 aromatic rings. The van der Waals surface area contributed by atoms with Crippen LogP contribution in [0.15, 0.2) is 84.9 Å². The number of fused-ring (bicyclic) bond motifs is 2. The van der Waals surface area contributed by atoms with Gasteiger partial charge in [0.2, 0.25) is 0 Å². The molecule has 1 atom stereocenters. The molecule has 270 valence electrons. The molecule has 0 unspecified atom stereocenters. The van der Waals surface area contributed by atoms with Gasteiger partial charge in [0.1, 0.15) is 17.5 Å². The van der Waals surface area contributed by atoms with Crippen LogP contribution in [0.3, 0.4) is 0 Å². The average molecular weight is 706 g/mol. The van der Waals surface area contributed by atoms with Crippen molar-refractivity contribution in [2.45, 2.75) is 38.0 Å². The molecular weight excluding hydrogens is 662 g/mol. The Morgan fingerprint density at radius 2 is 1.73 bits per heavy atom. The molecule has 0 aromatic heterocycles. The van der Waals surface area contributed by atoms with Crippen LogP contribution < -0.4 is 20.7 Å². The van der Waals surface area contributed by atoms with Gasteiger partial charge in [-0.05, 0) is 60.2 Å². The molecule has 0 saturated carbocycles. The highest BCUT2D eigenvalue weighted by Crippen LogP contribution is 2.41. The summed E-state index contributed by atoms with van der Waals surface area (Å²) in [5, 5.41) is 29.7. The fourth-order valence-electron chi connectivity index (χ4n) is 7.08. The Morgan fingerprint density at radius 3 is 2.56 bits per heavy atom. The largest absolute Gasteiger partial charge is 0.506 e. The van der Waals surface area contributed by atoms with E-state index in [0.29, 0.717) is 30.9 Å². The topological polar surface area (TPSA) is 153 Å². The number of amides is 3. The zero-order valence-electron chi connectivity index (χ0n) is 28.8. The molecule has 12 heteroatoms. The zero-order valence-corrected chi connectivity index (χ0v) is 28.8. The van der Waals surface area contributed by atoms with Crippen molar-refractivity contribution in [2.24, 2.45) is 0 Å². The number of aliphatic hydroxyl groups excluding tert-OH is 1. The molecule has 3 heterocycles. The van der Waals surface area contributed by atoms with Crippen molar-refractivity contribution in [2.75, 3.05) is 56.5 Å². The fraction of sp³-hybridized carbons (Fsp3) is 0.325. The minimum atomic E-state index is -0.928. The van der Waals surface area contributed by atoms with Gasteiger partial charge in [-0.25, -0.2) is 4.79 Å². The highest BCUT2D eigenvalue weighted by Gasteiger charge is 2.28. The van der Waals surface area contributed by atoms with Crippen LogP contribution in [-0.4, -0.2) is 89.9 Å². The van der Waals surface area contributed by atoms with E-state index in [2.05, 4.69) is 20.9 Å². The number of rotatable bonds is 11. The molecule has 1 fully saturated rings. The lowest BCUT2D eigenvalue weighted by molar-refractivity contribution is -0.118. The van der Waals surface area contributed by atoms with Gasteiger partial charge in [-0.1, -0.05) is 60.7 Å². The highest BCUT2D eigenvalue weighted by molar-refractivity contribution is 5.98. The SMILES string of the molecule is O=C1COc2c([C@@H](O)CNCc3ccc4c(c3)CCN(CCN3CCC(OC(=O)Nc5ccccc5-c5ccccc5)CC3)C4=O)ccc(O)c2N1. The molecule has 3 aliphatic rings. The van der Waals surface area contributed by atoms with Gasteiger partial charge in [0.15, 0.2) is 12.4 Å². The number of carbonyl (C=O) groups excluding carboxylic acids is 3. The van der Waals surface area contributed by atoms with Crippen molar-refractivity contribution in [1.82, 2.24) is 15.1 Å². The first-order valence-electron chi connectivity index (χ1n) is 17.7. The third-order valence-electron chi connectivity index (χ3n) is 9.89. The van der Waals surface area contributed by atoms with Crippen LogP contribution in [0.1, 0.15) is 46.0 Å². The van der Waals surface area contributed by atoms with E-state index in [1.165, 1.54) is 6.07 Å². The predicted octanol–water partition coefficient (Wildman–Crippen LogP) is 4.92. The number of hydrogen-bond acceptors (Lipinski definition) is 9. The van der Waals surface area contributed by atoms with E-state index in [1.54, 1.807) is 6.07 Å². The summed E-state index contributed by atoms with van der Waals surface area (Å²) in [5.41, 5.74) is 6.05. The van der Waals surface area contributed by atoms with Gasteiger partial charge in [0, 0.05) is 62.5 Å². The van der Waals surface area contributed by atoms with Crippen molar-refractivity contribution < 1.29 is 34.1 Å². The lowest BCUT2D eigenvalue weighted by Crippen LogP contribution is -2.45. The van der Waals surface area contributed by atoms with E-state index in [9.17, 15) is 24.6 Å². The van der Waals surface area contributed by atoms with Gasteiger partial charge in [0.05, 0.1) is 11.8 Å². The Bertz CT molecular complexity index is 1930. The van der Waals surface area contributed by atoms with E-state index >= 15 is 0 Å². The lowest BCUT2D eigenvalue weighted by Gasteiger charge is -2.34. The first-order chi connectivity index (χ1) is 25.3. The maximum atomic E-state index is 13.4. The van der Waals surface area contributed by atoms with Gasteiger partial charge >= 0.3 is 6.09 Å². The van der Waals surface area contributed by atoms with Crippen LogP contribution in [0, 0.1) is 0 Å². The first kappa shape index (κ1) is 35.0. The van der Waals surface area contributed by atoms with Crippen LogP contribution in [0.25, 0.3) is 11.1 Å². The molecule has 3 aliphatic heterocycles. The normalized spacial score (nSPS) is 16.7. The third-order valence-corrected chi connectivity index (χ3v) is 9.89. The third kappa shape index (κ3) is 8.04. The maximum Gasteiger partial charge on any atom is 0.411 e. The number of aliphatic hydroxyl groups is 1. The predicted molar refractivity (Wildman–Crippen MR) is 196 cm³/mol. The Labute approximate surface area is 302 Å². The lowest BCUT2D eigenvalue weighted by atomic mass is 9.96. The summed E-state index contributed by atoms with van der Waals surface area (Å²) >= 11 is 0. The molecule has 3 amide bonds. The molecule has 12 nitrogen and oxygen atoms in total. The van der Waals surface area contributed by atoms with Gasteiger partial charge in [0.25, 0.3) is 11.8 Å². The second kappa shape index (κ2) is 15.9. The summed E-state index contributed by atoms with van der Waals surface area (Å²) in [6.45, 7) is 4.15. The van der Waals surface area contributed by atoms with Crippen molar-refractivity contribution >= 4 is 29.3 Å². The van der Waals surface area contributed by atoms with E-state index < -0.39 is 12.2 Å². The number of phenols is 1. The number of likely N-dealkylation sites (tertiary alicyclic amines) is 1. The van der Waals surface area contributed by atoms with Crippen molar-refractivity contribution in [3.63, 3.8) is 0 Å². The van der Waals surface area contributed by atoms with E-state index in [4.69, 9.17) is 9.47 Å². The molecule has 0 radical (unpaired) electrons. The minimum absolute atomic E-state index is 0.0334. The maximum absolute atomic E-state index is 13.4. The number of para-hydroxylation sites is 1. The second-order valence-corrected chi connectivity index (χ2v) is 13.4. The summed E-state index contributed by atoms with van der Waals surface area (Å²) in [6, 6.07) is 26.5. The summed E-state index contributed by atoms with van der Waals surface area (Å²) in [4.78, 5) is 42.1. The average Bonchev–Trinajstić information content (AvgIpc) is 3.16. The molecule has 0 spiro atoms. The molecule has 0 aliphatic carbocycles. The standard InChI is InChI=1S/C40H43N5O7/c46-34-13-12-32(38-37(34)43-36(48)25-51-38)35(47)24-41-23-26-10-11-31-28(22-26)14-19-45(39(31)49)21-20-44-17-15-29(16-18-44)52-40(50)42-33-9-5-4-8-30(33)27-6-2-1-3-7-27/h1-13,22,29,35,41,46-47H,14-21,23-25H2,(H,42,50)(H,43,48)/t35-/m0/s1. The number of benzene rings is 4. The molecule has 4 aromatic carbocycles.